The maximum Gasteiger partial charge on any atom is 0.295 e. The van der Waals surface area contributed by atoms with Crippen molar-refractivity contribution in [3.8, 4) is 11.5 Å². The van der Waals surface area contributed by atoms with E-state index < -0.39 is 17.7 Å². The maximum atomic E-state index is 13.0. The standard InChI is InChI=1S/C21H23NO6S/c1-12-8-11-29-20(12)17-16(19(24)21(25)22(17)9-10-26-2)18(23)15-13(27-3)6-5-7-14(15)28-4/h5-8,11,17,23H,9-10H2,1-4H3/b18-16+. The Bertz CT molecular complexity index is 942. The first-order chi connectivity index (χ1) is 14.0. The summed E-state index contributed by atoms with van der Waals surface area (Å²) in [4.78, 5) is 28.0. The van der Waals surface area contributed by atoms with Crippen LogP contribution in [0.5, 0.6) is 11.5 Å². The Kier molecular flexibility index (Phi) is 6.24. The van der Waals surface area contributed by atoms with Crippen LogP contribution in [0.2, 0.25) is 0 Å². The number of aryl methyl sites for hydroxylation is 1. The quantitative estimate of drug-likeness (QED) is 0.423. The van der Waals surface area contributed by atoms with E-state index in [-0.39, 0.29) is 30.0 Å². The number of benzene rings is 1. The molecule has 1 aliphatic rings. The van der Waals surface area contributed by atoms with Gasteiger partial charge in [-0.25, -0.2) is 0 Å². The number of amides is 1. The van der Waals surface area contributed by atoms with Crippen LogP contribution in [0.3, 0.4) is 0 Å². The summed E-state index contributed by atoms with van der Waals surface area (Å²) < 4.78 is 15.9. The van der Waals surface area contributed by atoms with Gasteiger partial charge in [0.1, 0.15) is 22.8 Å². The molecule has 1 unspecified atom stereocenters. The Labute approximate surface area is 173 Å². The minimum Gasteiger partial charge on any atom is -0.506 e. The number of likely N-dealkylation sites (tertiary alicyclic amines) is 1. The molecule has 154 valence electrons. The molecule has 1 aromatic carbocycles. The van der Waals surface area contributed by atoms with E-state index in [9.17, 15) is 14.7 Å². The van der Waals surface area contributed by atoms with E-state index in [4.69, 9.17) is 14.2 Å². The van der Waals surface area contributed by atoms with E-state index in [0.717, 1.165) is 10.4 Å². The number of ketones is 1. The number of nitrogens with zero attached hydrogens (tertiary/aromatic N) is 1. The van der Waals surface area contributed by atoms with Gasteiger partial charge in [-0.05, 0) is 36.1 Å². The number of carbonyl (C=O) groups excluding carboxylic acids is 2. The molecule has 0 aliphatic carbocycles. The lowest BCUT2D eigenvalue weighted by Crippen LogP contribution is -2.32. The molecule has 29 heavy (non-hydrogen) atoms. The smallest absolute Gasteiger partial charge is 0.295 e. The van der Waals surface area contributed by atoms with Gasteiger partial charge in [0.05, 0.1) is 32.4 Å². The topological polar surface area (TPSA) is 85.3 Å². The number of hydrogen-bond acceptors (Lipinski definition) is 7. The fraction of sp³-hybridized carbons (Fsp3) is 0.333. The summed E-state index contributed by atoms with van der Waals surface area (Å²) in [5, 5.41) is 13.1. The molecular formula is C21H23NO6S. The Hall–Kier alpha value is -2.84. The Morgan fingerprint density at radius 3 is 2.31 bits per heavy atom. The summed E-state index contributed by atoms with van der Waals surface area (Å²) in [5.74, 6) is -1.06. The molecule has 2 aromatic rings. The lowest BCUT2D eigenvalue weighted by atomic mass is 9.97. The van der Waals surface area contributed by atoms with Crippen LogP contribution < -0.4 is 9.47 Å². The molecule has 7 nitrogen and oxygen atoms in total. The normalized spacial score (nSPS) is 18.3. The third-order valence-corrected chi connectivity index (χ3v) is 5.96. The second kappa shape index (κ2) is 8.67. The lowest BCUT2D eigenvalue weighted by molar-refractivity contribution is -0.140. The van der Waals surface area contributed by atoms with Crippen molar-refractivity contribution in [1.29, 1.82) is 0 Å². The zero-order valence-electron chi connectivity index (χ0n) is 16.7. The molecule has 8 heteroatoms. The Balaban J connectivity index is 2.26. The average molecular weight is 417 g/mol. The van der Waals surface area contributed by atoms with Crippen LogP contribution in [0, 0.1) is 6.92 Å². The molecule has 0 radical (unpaired) electrons. The van der Waals surface area contributed by atoms with Crippen LogP contribution >= 0.6 is 11.3 Å². The number of carbonyl (C=O) groups is 2. The first kappa shape index (κ1) is 20.9. The molecule has 0 spiro atoms. The van der Waals surface area contributed by atoms with Crippen LogP contribution in [0.25, 0.3) is 5.76 Å². The van der Waals surface area contributed by atoms with Crippen molar-refractivity contribution in [3.05, 3.63) is 51.2 Å². The fourth-order valence-corrected chi connectivity index (χ4v) is 4.50. The molecule has 0 saturated carbocycles. The SMILES string of the molecule is COCCN1C(=O)C(=O)/C(=C(/O)c2c(OC)cccc2OC)C1c1sccc1C. The van der Waals surface area contributed by atoms with Crippen molar-refractivity contribution in [1.82, 2.24) is 4.90 Å². The number of rotatable bonds is 7. The molecule has 1 amide bonds. The highest BCUT2D eigenvalue weighted by Crippen LogP contribution is 2.45. The minimum absolute atomic E-state index is 0.0134. The second-order valence-electron chi connectivity index (χ2n) is 6.49. The van der Waals surface area contributed by atoms with E-state index in [1.807, 2.05) is 18.4 Å². The average Bonchev–Trinajstić information content (AvgIpc) is 3.26. The monoisotopic (exact) mass is 417 g/mol. The van der Waals surface area contributed by atoms with Crippen LogP contribution in [0.1, 0.15) is 22.0 Å². The number of aliphatic hydroxyl groups is 1. The minimum atomic E-state index is -0.746. The summed E-state index contributed by atoms with van der Waals surface area (Å²) >= 11 is 1.43. The van der Waals surface area contributed by atoms with Gasteiger partial charge in [-0.3, -0.25) is 9.59 Å². The van der Waals surface area contributed by atoms with Gasteiger partial charge in [-0.2, -0.15) is 0 Å². The van der Waals surface area contributed by atoms with Gasteiger partial charge < -0.3 is 24.2 Å². The summed E-state index contributed by atoms with van der Waals surface area (Å²) in [6.07, 6.45) is 0. The molecule has 1 atom stereocenters. The molecule has 1 saturated heterocycles. The van der Waals surface area contributed by atoms with Crippen LogP contribution in [0.15, 0.2) is 35.2 Å². The number of Topliss-reactive ketones (excluding diaryl/α,β-unsaturated/α-hetero) is 1. The van der Waals surface area contributed by atoms with Gasteiger partial charge in [-0.15, -0.1) is 11.3 Å². The van der Waals surface area contributed by atoms with Crippen LogP contribution in [-0.2, 0) is 14.3 Å². The van der Waals surface area contributed by atoms with E-state index in [0.29, 0.717) is 11.5 Å². The van der Waals surface area contributed by atoms with E-state index in [2.05, 4.69) is 0 Å². The number of aliphatic hydroxyl groups excluding tert-OH is 1. The Morgan fingerprint density at radius 1 is 1.14 bits per heavy atom. The highest BCUT2D eigenvalue weighted by atomic mass is 32.1. The van der Waals surface area contributed by atoms with Gasteiger partial charge >= 0.3 is 0 Å². The molecule has 3 rings (SSSR count). The second-order valence-corrected chi connectivity index (χ2v) is 7.44. The summed E-state index contributed by atoms with van der Waals surface area (Å²) in [6.45, 7) is 2.40. The molecule has 0 bridgehead atoms. The van der Waals surface area contributed by atoms with Gasteiger partial charge in [0, 0.05) is 18.5 Å². The van der Waals surface area contributed by atoms with E-state index >= 15 is 0 Å². The summed E-state index contributed by atoms with van der Waals surface area (Å²) in [6, 6.07) is 6.24. The molecule has 1 aliphatic heterocycles. The molecule has 2 heterocycles. The number of ether oxygens (including phenoxy) is 3. The van der Waals surface area contributed by atoms with Gasteiger partial charge in [0.2, 0.25) is 0 Å². The van der Waals surface area contributed by atoms with Crippen molar-refractivity contribution in [3.63, 3.8) is 0 Å². The first-order valence-electron chi connectivity index (χ1n) is 8.98. The summed E-state index contributed by atoms with van der Waals surface area (Å²) in [7, 11) is 4.45. The maximum absolute atomic E-state index is 13.0. The highest BCUT2D eigenvalue weighted by Gasteiger charge is 2.47. The first-order valence-corrected chi connectivity index (χ1v) is 9.86. The number of methoxy groups -OCH3 is 3. The third-order valence-electron chi connectivity index (χ3n) is 4.89. The zero-order chi connectivity index (χ0) is 21.1. The van der Waals surface area contributed by atoms with Crippen molar-refractivity contribution >= 4 is 28.8 Å². The van der Waals surface area contributed by atoms with Crippen LogP contribution in [-0.4, -0.2) is 56.2 Å². The number of thiophene rings is 1. The highest BCUT2D eigenvalue weighted by molar-refractivity contribution is 7.10. The molecule has 1 aromatic heterocycles. The van der Waals surface area contributed by atoms with E-state index in [1.54, 1.807) is 18.2 Å². The van der Waals surface area contributed by atoms with Crippen molar-refractivity contribution < 1.29 is 28.9 Å². The van der Waals surface area contributed by atoms with Crippen molar-refractivity contribution in [2.24, 2.45) is 0 Å². The summed E-state index contributed by atoms with van der Waals surface area (Å²) in [5.41, 5.74) is 1.18. The predicted molar refractivity (Wildman–Crippen MR) is 109 cm³/mol. The van der Waals surface area contributed by atoms with Gasteiger partial charge in [-0.1, -0.05) is 6.07 Å². The van der Waals surface area contributed by atoms with Gasteiger partial charge in [0.25, 0.3) is 11.7 Å². The van der Waals surface area contributed by atoms with Crippen molar-refractivity contribution in [2.75, 3.05) is 34.5 Å². The Morgan fingerprint density at radius 2 is 1.79 bits per heavy atom. The van der Waals surface area contributed by atoms with Crippen molar-refractivity contribution in [2.45, 2.75) is 13.0 Å². The molecular weight excluding hydrogens is 394 g/mol. The third kappa shape index (κ3) is 3.61. The molecule has 1 N–H and O–H groups in total. The largest absolute Gasteiger partial charge is 0.506 e. The zero-order valence-corrected chi connectivity index (χ0v) is 17.5. The van der Waals surface area contributed by atoms with Crippen LogP contribution in [0.4, 0.5) is 0 Å². The predicted octanol–water partition coefficient (Wildman–Crippen LogP) is 3.14. The molecule has 1 fully saturated rings. The lowest BCUT2D eigenvalue weighted by Gasteiger charge is -2.24. The van der Waals surface area contributed by atoms with E-state index in [1.165, 1.54) is 37.6 Å². The fourth-order valence-electron chi connectivity index (χ4n) is 3.46. The number of hydrogen-bond donors (Lipinski definition) is 1. The van der Waals surface area contributed by atoms with Gasteiger partial charge in [0.15, 0.2) is 0 Å².